The first-order valence-electron chi connectivity index (χ1n) is 9.46. The van der Waals surface area contributed by atoms with Crippen LogP contribution in [0.5, 0.6) is 0 Å². The van der Waals surface area contributed by atoms with E-state index in [4.69, 9.17) is 9.47 Å². The highest BCUT2D eigenvalue weighted by Gasteiger charge is 2.42. The molecule has 2 rings (SSSR count). The Morgan fingerprint density at radius 3 is 2.57 bits per heavy atom. The van der Waals surface area contributed by atoms with Crippen molar-refractivity contribution in [2.24, 2.45) is 5.92 Å². The molecule has 1 aliphatic heterocycles. The van der Waals surface area contributed by atoms with Gasteiger partial charge in [0.05, 0.1) is 17.5 Å². The monoisotopic (exact) mass is 425 g/mol. The van der Waals surface area contributed by atoms with E-state index in [9.17, 15) is 22.8 Å². The van der Waals surface area contributed by atoms with Crippen molar-refractivity contribution in [2.75, 3.05) is 6.73 Å². The van der Waals surface area contributed by atoms with Gasteiger partial charge in [-0.3, -0.25) is 9.69 Å². The molecule has 0 saturated carbocycles. The van der Waals surface area contributed by atoms with Gasteiger partial charge in [-0.2, -0.15) is 13.2 Å². The lowest BCUT2D eigenvalue weighted by molar-refractivity contribution is -0.166. The number of hydrogen-bond acceptors (Lipinski definition) is 4. The SMILES string of the molecule is C=CC[C@H]1[C@H](CC(=C)c2cccc(C(F)(F)F)c2)C(=O)OCN1C(=O)OC(C)(C)C. The molecule has 1 aromatic rings. The van der Waals surface area contributed by atoms with Gasteiger partial charge in [-0.05, 0) is 56.9 Å². The third-order valence-electron chi connectivity index (χ3n) is 4.61. The number of carbonyl (C=O) groups excluding carboxylic acids is 2. The second kappa shape index (κ2) is 8.93. The van der Waals surface area contributed by atoms with E-state index >= 15 is 0 Å². The fourth-order valence-electron chi connectivity index (χ4n) is 3.20. The summed E-state index contributed by atoms with van der Waals surface area (Å²) in [7, 11) is 0. The minimum atomic E-state index is -4.49. The molecule has 0 aromatic heterocycles. The highest BCUT2D eigenvalue weighted by atomic mass is 19.4. The molecule has 1 fully saturated rings. The lowest BCUT2D eigenvalue weighted by Gasteiger charge is -2.40. The molecule has 0 N–H and O–H groups in total. The molecular formula is C22H26F3NO4. The number of alkyl halides is 3. The number of halogens is 3. The molecule has 0 radical (unpaired) electrons. The molecule has 1 amide bonds. The van der Waals surface area contributed by atoms with Gasteiger partial charge < -0.3 is 9.47 Å². The van der Waals surface area contributed by atoms with Crippen molar-refractivity contribution >= 4 is 17.6 Å². The highest BCUT2D eigenvalue weighted by Crippen LogP contribution is 2.34. The van der Waals surface area contributed by atoms with Crippen LogP contribution >= 0.6 is 0 Å². The van der Waals surface area contributed by atoms with E-state index in [2.05, 4.69) is 13.2 Å². The minimum Gasteiger partial charge on any atom is -0.444 e. The van der Waals surface area contributed by atoms with Crippen LogP contribution < -0.4 is 0 Å². The number of nitrogens with zero attached hydrogens (tertiary/aromatic N) is 1. The number of allylic oxidation sites excluding steroid dienone is 1. The Balaban J connectivity index is 2.26. The predicted molar refractivity (Wildman–Crippen MR) is 106 cm³/mol. The number of amides is 1. The number of ether oxygens (including phenoxy) is 2. The molecule has 0 unspecified atom stereocenters. The van der Waals surface area contributed by atoms with Gasteiger partial charge in [-0.1, -0.05) is 24.8 Å². The molecule has 30 heavy (non-hydrogen) atoms. The van der Waals surface area contributed by atoms with Crippen LogP contribution in [-0.4, -0.2) is 35.3 Å². The summed E-state index contributed by atoms with van der Waals surface area (Å²) in [5.74, 6) is -1.36. The van der Waals surface area contributed by atoms with Crippen LogP contribution in [0.3, 0.4) is 0 Å². The van der Waals surface area contributed by atoms with Gasteiger partial charge in [0.2, 0.25) is 0 Å². The zero-order valence-corrected chi connectivity index (χ0v) is 17.3. The fourth-order valence-corrected chi connectivity index (χ4v) is 3.20. The molecular weight excluding hydrogens is 399 g/mol. The Labute approximate surface area is 174 Å². The van der Waals surface area contributed by atoms with E-state index < -0.39 is 41.4 Å². The summed E-state index contributed by atoms with van der Waals surface area (Å²) in [6, 6.07) is 4.14. The smallest absolute Gasteiger partial charge is 0.416 e. The van der Waals surface area contributed by atoms with Crippen LogP contribution in [0.1, 0.15) is 44.7 Å². The maximum absolute atomic E-state index is 13.0. The summed E-state index contributed by atoms with van der Waals surface area (Å²) < 4.78 is 49.6. The lowest BCUT2D eigenvalue weighted by atomic mass is 9.86. The normalized spacial score (nSPS) is 19.8. The quantitative estimate of drug-likeness (QED) is 0.467. The fraction of sp³-hybridized carbons (Fsp3) is 0.455. The molecule has 0 aliphatic carbocycles. The van der Waals surface area contributed by atoms with Crippen molar-refractivity contribution in [1.29, 1.82) is 0 Å². The van der Waals surface area contributed by atoms with Crippen molar-refractivity contribution in [3.63, 3.8) is 0 Å². The van der Waals surface area contributed by atoms with Gasteiger partial charge in [0.15, 0.2) is 6.73 Å². The number of esters is 1. The van der Waals surface area contributed by atoms with Crippen LogP contribution in [-0.2, 0) is 20.4 Å². The highest BCUT2D eigenvalue weighted by molar-refractivity contribution is 5.80. The molecule has 0 spiro atoms. The maximum atomic E-state index is 13.0. The first-order chi connectivity index (χ1) is 13.8. The molecule has 1 saturated heterocycles. The van der Waals surface area contributed by atoms with E-state index in [0.717, 1.165) is 12.1 Å². The summed E-state index contributed by atoms with van der Waals surface area (Å²) in [6.07, 6.45) is -3.25. The second-order valence-electron chi connectivity index (χ2n) is 8.13. The Kier molecular flexibility index (Phi) is 7.00. The first-order valence-corrected chi connectivity index (χ1v) is 9.46. The van der Waals surface area contributed by atoms with Gasteiger partial charge in [-0.15, -0.1) is 6.58 Å². The Morgan fingerprint density at radius 1 is 1.33 bits per heavy atom. The van der Waals surface area contributed by atoms with E-state index in [1.807, 2.05) is 0 Å². The van der Waals surface area contributed by atoms with Crippen LogP contribution in [0.4, 0.5) is 18.0 Å². The molecule has 1 heterocycles. The third-order valence-corrected chi connectivity index (χ3v) is 4.61. The third kappa shape index (κ3) is 5.87. The summed E-state index contributed by atoms with van der Waals surface area (Å²) in [4.78, 5) is 26.4. The summed E-state index contributed by atoms with van der Waals surface area (Å²) >= 11 is 0. The number of hydrogen-bond donors (Lipinski definition) is 0. The minimum absolute atomic E-state index is 0.0257. The van der Waals surface area contributed by atoms with Gasteiger partial charge in [0.25, 0.3) is 0 Å². The zero-order valence-electron chi connectivity index (χ0n) is 17.3. The van der Waals surface area contributed by atoms with Gasteiger partial charge in [0, 0.05) is 0 Å². The Hall–Kier alpha value is -2.77. The first kappa shape index (κ1) is 23.5. The second-order valence-corrected chi connectivity index (χ2v) is 8.13. The van der Waals surface area contributed by atoms with E-state index in [0.29, 0.717) is 5.57 Å². The topological polar surface area (TPSA) is 55.8 Å². The predicted octanol–water partition coefficient (Wildman–Crippen LogP) is 5.42. The number of carbonyl (C=O) groups is 2. The number of benzene rings is 1. The number of cyclic esters (lactones) is 1. The van der Waals surface area contributed by atoms with E-state index in [1.54, 1.807) is 26.8 Å². The van der Waals surface area contributed by atoms with E-state index in [-0.39, 0.29) is 25.1 Å². The van der Waals surface area contributed by atoms with Crippen molar-refractivity contribution in [2.45, 2.75) is 51.4 Å². The average molecular weight is 425 g/mol. The lowest BCUT2D eigenvalue weighted by Crippen LogP contribution is -2.54. The summed E-state index contributed by atoms with van der Waals surface area (Å²) in [6.45, 7) is 12.4. The van der Waals surface area contributed by atoms with Gasteiger partial charge in [-0.25, -0.2) is 4.79 Å². The van der Waals surface area contributed by atoms with Crippen molar-refractivity contribution in [1.82, 2.24) is 4.90 Å². The average Bonchev–Trinajstić information content (AvgIpc) is 2.62. The van der Waals surface area contributed by atoms with Crippen LogP contribution in [0, 0.1) is 5.92 Å². The van der Waals surface area contributed by atoms with Crippen LogP contribution in [0.2, 0.25) is 0 Å². The standard InChI is InChI=1S/C22H26F3NO4/c1-6-8-18-17(19(27)29-13-26(18)20(28)30-21(3,4)5)11-14(2)15-9-7-10-16(12-15)22(23,24)25/h6-7,9-10,12,17-18H,1-2,8,11,13H2,3-5H3/t17-,18-/m0/s1. The van der Waals surface area contributed by atoms with Crippen molar-refractivity contribution < 1.29 is 32.2 Å². The van der Waals surface area contributed by atoms with Crippen LogP contribution in [0.15, 0.2) is 43.5 Å². The molecule has 1 aliphatic rings. The van der Waals surface area contributed by atoms with Crippen molar-refractivity contribution in [3.8, 4) is 0 Å². The Bertz CT molecular complexity index is 826. The van der Waals surface area contributed by atoms with Crippen molar-refractivity contribution in [3.05, 3.63) is 54.6 Å². The number of rotatable bonds is 5. The van der Waals surface area contributed by atoms with E-state index in [1.165, 1.54) is 17.0 Å². The summed E-state index contributed by atoms with van der Waals surface area (Å²) in [5, 5.41) is 0. The Morgan fingerprint density at radius 2 is 2.00 bits per heavy atom. The molecule has 164 valence electrons. The summed E-state index contributed by atoms with van der Waals surface area (Å²) in [5.41, 5.74) is -0.938. The molecule has 8 heteroatoms. The molecule has 2 atom stereocenters. The van der Waals surface area contributed by atoms with Crippen LogP contribution in [0.25, 0.3) is 5.57 Å². The zero-order chi connectivity index (χ0) is 22.7. The molecule has 5 nitrogen and oxygen atoms in total. The molecule has 0 bridgehead atoms. The molecule has 1 aromatic carbocycles. The van der Waals surface area contributed by atoms with Gasteiger partial charge in [0.1, 0.15) is 5.60 Å². The van der Waals surface area contributed by atoms with Gasteiger partial charge >= 0.3 is 18.2 Å². The largest absolute Gasteiger partial charge is 0.444 e. The maximum Gasteiger partial charge on any atom is 0.416 e.